The lowest BCUT2D eigenvalue weighted by molar-refractivity contribution is -0.140. The Morgan fingerprint density at radius 3 is 2.45 bits per heavy atom. The number of piperidine rings is 1. The van der Waals surface area contributed by atoms with E-state index in [4.69, 9.17) is 4.74 Å². The Kier molecular flexibility index (Phi) is 6.75. The maximum Gasteiger partial charge on any atom is 0.265 e. The van der Waals surface area contributed by atoms with Crippen LogP contribution in [0.3, 0.4) is 0 Å². The number of hydrogen-bond donors (Lipinski definition) is 0. The lowest BCUT2D eigenvalue weighted by atomic mass is 10.1. The minimum Gasteiger partial charge on any atom is -0.477 e. The van der Waals surface area contributed by atoms with E-state index in [0.29, 0.717) is 25.4 Å². The molecule has 2 aliphatic heterocycles. The molecule has 0 N–H and O–H groups in total. The zero-order chi connectivity index (χ0) is 21.6. The number of benzene rings is 2. The summed E-state index contributed by atoms with van der Waals surface area (Å²) in [5, 5.41) is 0. The Hall–Kier alpha value is -3.02. The van der Waals surface area contributed by atoms with Crippen molar-refractivity contribution in [1.82, 2.24) is 9.80 Å². The Morgan fingerprint density at radius 1 is 1.00 bits per heavy atom. The van der Waals surface area contributed by atoms with Crippen molar-refractivity contribution in [1.29, 1.82) is 0 Å². The van der Waals surface area contributed by atoms with Gasteiger partial charge in [-0.25, -0.2) is 0 Å². The Morgan fingerprint density at radius 2 is 1.71 bits per heavy atom. The van der Waals surface area contributed by atoms with Crippen molar-refractivity contribution in [3.05, 3.63) is 60.2 Å². The second-order valence-corrected chi connectivity index (χ2v) is 8.23. The van der Waals surface area contributed by atoms with Gasteiger partial charge in [-0.2, -0.15) is 0 Å². The molecule has 0 spiro atoms. The second-order valence-electron chi connectivity index (χ2n) is 8.23. The molecule has 1 fully saturated rings. The molecule has 1 saturated heterocycles. The van der Waals surface area contributed by atoms with E-state index in [-0.39, 0.29) is 18.4 Å². The standard InChI is InChI=1S/C25H31N3O3/c1-2-26(17-20-11-5-3-6-12-20)24(29)19-28-18-23(25(30)27-15-9-4-10-16-27)31-22-14-8-7-13-21(22)28/h3,5-8,11-14,23H,2,4,9-10,15-19H2,1H3. The van der Waals surface area contributed by atoms with Gasteiger partial charge in [0.2, 0.25) is 5.91 Å². The van der Waals surface area contributed by atoms with E-state index in [1.165, 1.54) is 6.42 Å². The van der Waals surface area contributed by atoms with E-state index in [9.17, 15) is 9.59 Å². The molecule has 2 heterocycles. The first kappa shape index (κ1) is 21.2. The van der Waals surface area contributed by atoms with Crippen LogP contribution < -0.4 is 9.64 Å². The van der Waals surface area contributed by atoms with Gasteiger partial charge in [0.15, 0.2) is 6.10 Å². The monoisotopic (exact) mass is 421 g/mol. The van der Waals surface area contributed by atoms with E-state index < -0.39 is 6.10 Å². The van der Waals surface area contributed by atoms with Crippen LogP contribution in [0.5, 0.6) is 5.75 Å². The number of para-hydroxylation sites is 2. The molecule has 0 aromatic heterocycles. The van der Waals surface area contributed by atoms with Gasteiger partial charge in [0.25, 0.3) is 5.91 Å². The van der Waals surface area contributed by atoms with Crippen LogP contribution in [0, 0.1) is 0 Å². The SMILES string of the molecule is CCN(Cc1ccccc1)C(=O)CN1CC(C(=O)N2CCCCC2)Oc2ccccc21. The number of carbonyl (C=O) groups is 2. The lowest BCUT2D eigenvalue weighted by Gasteiger charge is -2.38. The van der Waals surface area contributed by atoms with Crippen LogP contribution in [0.2, 0.25) is 0 Å². The number of fused-ring (bicyclic) bond motifs is 1. The van der Waals surface area contributed by atoms with Gasteiger partial charge in [-0.05, 0) is 43.9 Å². The number of carbonyl (C=O) groups excluding carboxylic acids is 2. The quantitative estimate of drug-likeness (QED) is 0.718. The summed E-state index contributed by atoms with van der Waals surface area (Å²) in [4.78, 5) is 32.1. The molecule has 4 rings (SSSR count). The predicted octanol–water partition coefficient (Wildman–Crippen LogP) is 3.32. The molecule has 2 aromatic rings. The fourth-order valence-corrected chi connectivity index (χ4v) is 4.35. The van der Waals surface area contributed by atoms with E-state index >= 15 is 0 Å². The normalized spacial score (nSPS) is 18.2. The van der Waals surface area contributed by atoms with Crippen molar-refractivity contribution >= 4 is 17.5 Å². The van der Waals surface area contributed by atoms with Gasteiger partial charge in [-0.15, -0.1) is 0 Å². The summed E-state index contributed by atoms with van der Waals surface area (Å²) in [7, 11) is 0. The molecule has 31 heavy (non-hydrogen) atoms. The van der Waals surface area contributed by atoms with Crippen LogP contribution in [0.25, 0.3) is 0 Å². The minimum absolute atomic E-state index is 0.0308. The van der Waals surface area contributed by atoms with Gasteiger partial charge in [0.05, 0.1) is 18.8 Å². The Bertz CT molecular complexity index is 896. The molecule has 0 saturated carbocycles. The van der Waals surface area contributed by atoms with Gasteiger partial charge >= 0.3 is 0 Å². The van der Waals surface area contributed by atoms with Crippen molar-refractivity contribution in [2.45, 2.75) is 38.8 Å². The molecule has 2 aliphatic rings. The molecule has 1 atom stereocenters. The largest absolute Gasteiger partial charge is 0.477 e. The van der Waals surface area contributed by atoms with Gasteiger partial charge in [-0.1, -0.05) is 42.5 Å². The first-order valence-corrected chi connectivity index (χ1v) is 11.3. The summed E-state index contributed by atoms with van der Waals surface area (Å²) < 4.78 is 6.08. The molecular weight excluding hydrogens is 390 g/mol. The molecule has 164 valence electrons. The van der Waals surface area contributed by atoms with E-state index in [2.05, 4.69) is 0 Å². The fourth-order valence-electron chi connectivity index (χ4n) is 4.35. The van der Waals surface area contributed by atoms with Crippen molar-refractivity contribution < 1.29 is 14.3 Å². The van der Waals surface area contributed by atoms with E-state index in [0.717, 1.165) is 37.2 Å². The number of anilines is 1. The summed E-state index contributed by atoms with van der Waals surface area (Å²) in [6.45, 7) is 5.41. The number of nitrogens with zero attached hydrogens (tertiary/aromatic N) is 3. The highest BCUT2D eigenvalue weighted by Crippen LogP contribution is 2.33. The third-order valence-electron chi connectivity index (χ3n) is 6.08. The van der Waals surface area contributed by atoms with Gasteiger partial charge in [-0.3, -0.25) is 9.59 Å². The first-order valence-electron chi connectivity index (χ1n) is 11.3. The van der Waals surface area contributed by atoms with Gasteiger partial charge in [0.1, 0.15) is 5.75 Å². The summed E-state index contributed by atoms with van der Waals surface area (Å²) in [5.74, 6) is 0.749. The number of rotatable bonds is 6. The van der Waals surface area contributed by atoms with Crippen LogP contribution in [-0.4, -0.2) is 60.4 Å². The van der Waals surface area contributed by atoms with Crippen LogP contribution in [-0.2, 0) is 16.1 Å². The molecule has 2 amide bonds. The number of likely N-dealkylation sites (N-methyl/N-ethyl adjacent to an activating group) is 1. The molecule has 6 heteroatoms. The lowest BCUT2D eigenvalue weighted by Crippen LogP contribution is -2.53. The third-order valence-corrected chi connectivity index (χ3v) is 6.08. The number of likely N-dealkylation sites (tertiary alicyclic amines) is 1. The number of amides is 2. The topological polar surface area (TPSA) is 53.1 Å². The highest BCUT2D eigenvalue weighted by Gasteiger charge is 2.35. The maximum absolute atomic E-state index is 13.2. The van der Waals surface area contributed by atoms with Crippen LogP contribution in [0.15, 0.2) is 54.6 Å². The van der Waals surface area contributed by atoms with Gasteiger partial charge in [0, 0.05) is 26.2 Å². The number of hydrogen-bond acceptors (Lipinski definition) is 4. The summed E-state index contributed by atoms with van der Waals surface area (Å²) in [6.07, 6.45) is 2.68. The molecule has 0 bridgehead atoms. The third kappa shape index (κ3) is 5.01. The van der Waals surface area contributed by atoms with E-state index in [1.54, 1.807) is 0 Å². The maximum atomic E-state index is 13.2. The average Bonchev–Trinajstić information content (AvgIpc) is 2.83. The van der Waals surface area contributed by atoms with Crippen molar-refractivity contribution in [3.63, 3.8) is 0 Å². The molecule has 0 radical (unpaired) electrons. The predicted molar refractivity (Wildman–Crippen MR) is 121 cm³/mol. The zero-order valence-electron chi connectivity index (χ0n) is 18.2. The highest BCUT2D eigenvalue weighted by atomic mass is 16.5. The van der Waals surface area contributed by atoms with Crippen LogP contribution >= 0.6 is 0 Å². The van der Waals surface area contributed by atoms with E-state index in [1.807, 2.05) is 76.2 Å². The average molecular weight is 422 g/mol. The van der Waals surface area contributed by atoms with Crippen LogP contribution in [0.1, 0.15) is 31.7 Å². The molecule has 6 nitrogen and oxygen atoms in total. The molecule has 0 aliphatic carbocycles. The second kappa shape index (κ2) is 9.86. The fraction of sp³-hybridized carbons (Fsp3) is 0.440. The van der Waals surface area contributed by atoms with Gasteiger partial charge < -0.3 is 19.4 Å². The van der Waals surface area contributed by atoms with Crippen molar-refractivity contribution in [3.8, 4) is 5.75 Å². The first-order chi connectivity index (χ1) is 15.2. The summed E-state index contributed by atoms with van der Waals surface area (Å²) >= 11 is 0. The number of ether oxygens (including phenoxy) is 1. The molecular formula is C25H31N3O3. The highest BCUT2D eigenvalue weighted by molar-refractivity contribution is 5.86. The van der Waals surface area contributed by atoms with Crippen molar-refractivity contribution in [2.75, 3.05) is 37.6 Å². The Labute approximate surface area is 184 Å². The Balaban J connectivity index is 1.49. The minimum atomic E-state index is -0.579. The van der Waals surface area contributed by atoms with Crippen molar-refractivity contribution in [2.24, 2.45) is 0 Å². The molecule has 1 unspecified atom stereocenters. The molecule has 2 aromatic carbocycles. The summed E-state index contributed by atoms with van der Waals surface area (Å²) in [5.41, 5.74) is 1.98. The zero-order valence-corrected chi connectivity index (χ0v) is 18.2. The van der Waals surface area contributed by atoms with Crippen LogP contribution in [0.4, 0.5) is 5.69 Å². The summed E-state index contributed by atoms with van der Waals surface area (Å²) in [6, 6.07) is 17.7. The smallest absolute Gasteiger partial charge is 0.265 e.